The molecule has 3 aliphatic rings. The molecule has 0 radical (unpaired) electrons. The number of nitrogens with two attached hydrogens (primary N) is 1. The highest BCUT2D eigenvalue weighted by atomic mass is 19.1. The van der Waals surface area contributed by atoms with Crippen molar-refractivity contribution in [1.29, 1.82) is 0 Å². The molecule has 1 aromatic carbocycles. The number of benzene rings is 1. The van der Waals surface area contributed by atoms with Gasteiger partial charge >= 0.3 is 6.09 Å². The van der Waals surface area contributed by atoms with Gasteiger partial charge < -0.3 is 20.7 Å². The Morgan fingerprint density at radius 2 is 1.80 bits per heavy atom. The van der Waals surface area contributed by atoms with E-state index in [-0.39, 0.29) is 29.6 Å². The molecule has 5 rings (SSSR count). The highest BCUT2D eigenvalue weighted by Gasteiger charge is 2.45. The number of aryl methyl sites for hydroxylation is 1. The molecule has 2 saturated heterocycles. The first-order valence-electron chi connectivity index (χ1n) is 14.6. The lowest BCUT2D eigenvalue weighted by molar-refractivity contribution is -0.146. The predicted octanol–water partition coefficient (Wildman–Crippen LogP) is 4.16. The molecule has 41 heavy (non-hydrogen) atoms. The van der Waals surface area contributed by atoms with Crippen LogP contribution >= 0.6 is 0 Å². The molecular weight excluding hydrogens is 525 g/mol. The predicted molar refractivity (Wildman–Crippen MR) is 152 cm³/mol. The summed E-state index contributed by atoms with van der Waals surface area (Å²) in [5.74, 6) is -0.256. The van der Waals surface area contributed by atoms with Crippen molar-refractivity contribution in [3.05, 3.63) is 59.0 Å². The summed E-state index contributed by atoms with van der Waals surface area (Å²) < 4.78 is 19.1. The van der Waals surface area contributed by atoms with Gasteiger partial charge in [0, 0.05) is 18.8 Å². The highest BCUT2D eigenvalue weighted by molar-refractivity contribution is 5.92. The Kier molecular flexibility index (Phi) is 8.20. The zero-order valence-corrected chi connectivity index (χ0v) is 24.1. The first-order valence-corrected chi connectivity index (χ1v) is 14.6. The van der Waals surface area contributed by atoms with E-state index in [1.54, 1.807) is 43.9 Å². The standard InChI is InChI=1S/C31H40FN5O4/c1-31(2,3)41-30(40)37-18-20(16-19-7-9-21(32)10-8-19)17-26(37)29(39)36-15-5-4-6-25(36)28(38)35-24-13-12-23-22(24)11-14-27(33)34-23/h7-11,14,20,24-26H,4-6,12-13,15-18H2,1-3H3,(H2,33,34)(H,35,38)/t20-,24?,25-,26+/m0/s1. The number of nitrogens with one attached hydrogen (secondary N) is 1. The fraction of sp³-hybridized carbons (Fsp3) is 0.548. The number of piperidine rings is 1. The fourth-order valence-electron chi connectivity index (χ4n) is 6.34. The van der Waals surface area contributed by atoms with Crippen LogP contribution in [0.15, 0.2) is 36.4 Å². The van der Waals surface area contributed by atoms with Crippen LogP contribution in [0.25, 0.3) is 0 Å². The van der Waals surface area contributed by atoms with Crippen LogP contribution in [-0.4, -0.2) is 63.5 Å². The number of carbonyl (C=O) groups is 3. The highest BCUT2D eigenvalue weighted by Crippen LogP contribution is 2.33. The quantitative estimate of drug-likeness (QED) is 0.562. The maximum Gasteiger partial charge on any atom is 0.410 e. The average molecular weight is 566 g/mol. The molecule has 0 bridgehead atoms. The SMILES string of the molecule is CC(C)(C)OC(=O)N1C[C@@H](Cc2ccc(F)cc2)C[C@@H]1C(=O)N1CCCC[C@H]1C(=O)NC1CCc2nc(N)ccc21. The number of hydrogen-bond acceptors (Lipinski definition) is 6. The maximum absolute atomic E-state index is 14.1. The number of nitrogen functional groups attached to an aromatic ring is 1. The van der Waals surface area contributed by atoms with E-state index in [0.717, 1.165) is 42.5 Å². The summed E-state index contributed by atoms with van der Waals surface area (Å²) >= 11 is 0. The zero-order chi connectivity index (χ0) is 29.3. The molecule has 1 unspecified atom stereocenters. The first-order chi connectivity index (χ1) is 19.5. The Labute approximate surface area is 240 Å². The van der Waals surface area contributed by atoms with E-state index in [0.29, 0.717) is 38.2 Å². The smallest absolute Gasteiger partial charge is 0.410 e. The van der Waals surface area contributed by atoms with Gasteiger partial charge in [-0.15, -0.1) is 0 Å². The van der Waals surface area contributed by atoms with Crippen molar-refractivity contribution in [2.75, 3.05) is 18.8 Å². The fourth-order valence-corrected chi connectivity index (χ4v) is 6.34. The van der Waals surface area contributed by atoms with Crippen molar-refractivity contribution < 1.29 is 23.5 Å². The second-order valence-corrected chi connectivity index (χ2v) is 12.5. The zero-order valence-electron chi connectivity index (χ0n) is 24.1. The van der Waals surface area contributed by atoms with Crippen LogP contribution in [-0.2, 0) is 27.2 Å². The van der Waals surface area contributed by atoms with Crippen molar-refractivity contribution in [3.8, 4) is 0 Å². The topological polar surface area (TPSA) is 118 Å². The second kappa shape index (κ2) is 11.7. The minimum absolute atomic E-state index is 0.00563. The van der Waals surface area contributed by atoms with E-state index < -0.39 is 23.8 Å². The molecule has 2 aromatic rings. The molecule has 1 aliphatic carbocycles. The first kappa shape index (κ1) is 28.8. The van der Waals surface area contributed by atoms with E-state index in [2.05, 4.69) is 10.3 Å². The maximum atomic E-state index is 14.1. The van der Waals surface area contributed by atoms with Gasteiger partial charge in [-0.2, -0.15) is 0 Å². The van der Waals surface area contributed by atoms with Gasteiger partial charge in [-0.3, -0.25) is 14.5 Å². The Morgan fingerprint density at radius 1 is 1.05 bits per heavy atom. The van der Waals surface area contributed by atoms with E-state index in [1.165, 1.54) is 17.0 Å². The lowest BCUT2D eigenvalue weighted by Gasteiger charge is -2.38. The number of aromatic nitrogens is 1. The largest absolute Gasteiger partial charge is 0.444 e. The van der Waals surface area contributed by atoms with Crippen molar-refractivity contribution >= 4 is 23.7 Å². The monoisotopic (exact) mass is 565 g/mol. The molecule has 9 nitrogen and oxygen atoms in total. The summed E-state index contributed by atoms with van der Waals surface area (Å²) in [4.78, 5) is 48.6. The number of rotatable bonds is 5. The van der Waals surface area contributed by atoms with Crippen molar-refractivity contribution in [1.82, 2.24) is 20.1 Å². The number of amides is 3. The number of hydrogen-bond donors (Lipinski definition) is 2. The van der Waals surface area contributed by atoms with Gasteiger partial charge in [0.1, 0.15) is 29.3 Å². The second-order valence-electron chi connectivity index (χ2n) is 12.5. The molecule has 4 atom stereocenters. The summed E-state index contributed by atoms with van der Waals surface area (Å²) in [6.45, 7) is 6.19. The van der Waals surface area contributed by atoms with Gasteiger partial charge in [-0.25, -0.2) is 14.2 Å². The van der Waals surface area contributed by atoms with Crippen LogP contribution in [0.3, 0.4) is 0 Å². The average Bonchev–Trinajstić information content (AvgIpc) is 3.52. The van der Waals surface area contributed by atoms with Gasteiger partial charge in [0.25, 0.3) is 0 Å². The molecule has 0 spiro atoms. The number of nitrogens with zero attached hydrogens (tertiary/aromatic N) is 3. The third-order valence-electron chi connectivity index (χ3n) is 8.22. The minimum atomic E-state index is -0.733. The lowest BCUT2D eigenvalue weighted by Crippen LogP contribution is -2.57. The number of anilines is 1. The van der Waals surface area contributed by atoms with Crippen LogP contribution in [0.2, 0.25) is 0 Å². The van der Waals surface area contributed by atoms with Crippen LogP contribution in [0.1, 0.15) is 75.7 Å². The van der Waals surface area contributed by atoms with E-state index in [4.69, 9.17) is 10.5 Å². The van der Waals surface area contributed by atoms with Gasteiger partial charge in [-0.05, 0) is 101 Å². The van der Waals surface area contributed by atoms with Crippen molar-refractivity contribution in [2.24, 2.45) is 5.92 Å². The van der Waals surface area contributed by atoms with Gasteiger partial charge in [0.2, 0.25) is 11.8 Å². The number of carbonyl (C=O) groups excluding carboxylic acids is 3. The van der Waals surface area contributed by atoms with E-state index in [9.17, 15) is 18.8 Å². The van der Waals surface area contributed by atoms with Crippen LogP contribution in [0, 0.1) is 11.7 Å². The lowest BCUT2D eigenvalue weighted by atomic mass is 9.95. The molecule has 2 fully saturated rings. The Hall–Kier alpha value is -3.69. The summed E-state index contributed by atoms with van der Waals surface area (Å²) in [6, 6.07) is 8.45. The van der Waals surface area contributed by atoms with E-state index in [1.807, 2.05) is 6.07 Å². The molecule has 3 heterocycles. The number of halogens is 1. The molecule has 3 amide bonds. The summed E-state index contributed by atoms with van der Waals surface area (Å²) in [5, 5.41) is 3.16. The van der Waals surface area contributed by atoms with E-state index >= 15 is 0 Å². The normalized spacial score (nSPS) is 24.2. The molecule has 10 heteroatoms. The Balaban J connectivity index is 1.33. The number of likely N-dealkylation sites (tertiary alicyclic amines) is 2. The van der Waals surface area contributed by atoms with Gasteiger partial charge in [-0.1, -0.05) is 18.2 Å². The van der Waals surface area contributed by atoms with Gasteiger partial charge in [0.15, 0.2) is 0 Å². The number of pyridine rings is 1. The Bertz CT molecular complexity index is 1290. The molecule has 220 valence electrons. The van der Waals surface area contributed by atoms with Crippen molar-refractivity contribution in [2.45, 2.75) is 89.4 Å². The van der Waals surface area contributed by atoms with Crippen LogP contribution in [0.4, 0.5) is 15.0 Å². The summed E-state index contributed by atoms with van der Waals surface area (Å²) in [5.41, 5.74) is 7.93. The van der Waals surface area contributed by atoms with Gasteiger partial charge in [0.05, 0.1) is 6.04 Å². The summed E-state index contributed by atoms with van der Waals surface area (Å²) in [7, 11) is 0. The third-order valence-corrected chi connectivity index (χ3v) is 8.22. The minimum Gasteiger partial charge on any atom is -0.444 e. The van der Waals surface area contributed by atoms with Crippen LogP contribution < -0.4 is 11.1 Å². The number of fused-ring (bicyclic) bond motifs is 1. The molecular formula is C31H40FN5O4. The molecule has 3 N–H and O–H groups in total. The summed E-state index contributed by atoms with van der Waals surface area (Å²) in [6.07, 6.45) is 4.19. The molecule has 2 aliphatic heterocycles. The third kappa shape index (κ3) is 6.63. The van der Waals surface area contributed by atoms with Crippen molar-refractivity contribution in [3.63, 3.8) is 0 Å². The Morgan fingerprint density at radius 3 is 2.54 bits per heavy atom. The molecule has 0 saturated carbocycles. The number of ether oxygens (including phenoxy) is 1. The van der Waals surface area contributed by atoms with Crippen LogP contribution in [0.5, 0.6) is 0 Å². The molecule has 1 aromatic heterocycles.